The molecule has 22 nitrogen and oxygen atoms in total. The second-order valence-electron chi connectivity index (χ2n) is 18.3. The standard InChI is InChI=1S/C49H74N10O12/c1-26(2)23-37-46(66)58-40(48(69)70)30(6)42(62)55-35(17-14-22-52-49(50)51)45(65)54-34(19-18-27(3)24-28(4)38(71-10)25-33-15-12-11-13-16-33)29(5)41(61)56-36(47(67)68)20-21-39(60)59(9)32(8)44(64)53-31(7)43(63)57-37/h11-13,15-16,18-19,24,26,28-31,34-38,40H,8,14,17,20-23,25H2,1-7,9-10H3,(H,53,64)(H,54,65)(H,55,62)(H,56,61)(H,57,63)(H,58,66)(H,67,68)(H,69,70)(H4,50,51,52)/t28-,29-,30-,31+,34-,35-,36-,37-,38-,40+/m0/s1. The van der Waals surface area contributed by atoms with Crippen LogP contribution in [0.25, 0.3) is 0 Å². The van der Waals surface area contributed by atoms with E-state index in [2.05, 4.69) is 43.5 Å². The van der Waals surface area contributed by atoms with E-state index in [9.17, 15) is 53.4 Å². The Labute approximate surface area is 415 Å². The zero-order valence-electron chi connectivity index (χ0n) is 42.2. The van der Waals surface area contributed by atoms with Crippen LogP contribution in [-0.2, 0) is 54.3 Å². The average molecular weight is 995 g/mol. The van der Waals surface area contributed by atoms with Gasteiger partial charge in [-0.25, -0.2) is 9.59 Å². The molecule has 10 atom stereocenters. The molecule has 392 valence electrons. The molecule has 0 saturated carbocycles. The van der Waals surface area contributed by atoms with Crippen LogP contribution in [-0.4, -0.2) is 137 Å². The number of nitrogens with two attached hydrogens (primary N) is 2. The number of likely N-dealkylation sites (N-methyl/N-ethyl adjacent to an activating group) is 1. The van der Waals surface area contributed by atoms with E-state index in [4.69, 9.17) is 16.2 Å². The summed E-state index contributed by atoms with van der Waals surface area (Å²) in [6, 6.07) is 0.998. The second-order valence-corrected chi connectivity index (χ2v) is 18.3. The third-order valence-corrected chi connectivity index (χ3v) is 12.0. The predicted molar refractivity (Wildman–Crippen MR) is 264 cm³/mol. The summed E-state index contributed by atoms with van der Waals surface area (Å²) in [5.74, 6) is -12.6. The van der Waals surface area contributed by atoms with Gasteiger partial charge in [0.05, 0.1) is 24.0 Å². The first kappa shape index (κ1) is 60.0. The van der Waals surface area contributed by atoms with Gasteiger partial charge >= 0.3 is 11.9 Å². The number of carboxylic acids is 2. The van der Waals surface area contributed by atoms with Crippen molar-refractivity contribution in [3.05, 3.63) is 72.0 Å². The van der Waals surface area contributed by atoms with Gasteiger partial charge in [0.15, 0.2) is 5.96 Å². The van der Waals surface area contributed by atoms with Gasteiger partial charge in [0.1, 0.15) is 35.9 Å². The van der Waals surface area contributed by atoms with Gasteiger partial charge in [0.25, 0.3) is 5.91 Å². The molecule has 1 aromatic carbocycles. The molecule has 0 unspecified atom stereocenters. The van der Waals surface area contributed by atoms with Gasteiger partial charge in [-0.05, 0) is 57.4 Å². The summed E-state index contributed by atoms with van der Waals surface area (Å²) in [6.45, 7) is 14.9. The molecule has 22 heteroatoms. The van der Waals surface area contributed by atoms with Crippen molar-refractivity contribution in [1.82, 2.24) is 36.8 Å². The topological polar surface area (TPSA) is 343 Å². The number of nitrogens with zero attached hydrogens (tertiary/aromatic N) is 2. The molecule has 1 aliphatic rings. The Morgan fingerprint density at radius 3 is 2.03 bits per heavy atom. The fourth-order valence-corrected chi connectivity index (χ4v) is 7.46. The molecule has 1 saturated heterocycles. The minimum Gasteiger partial charge on any atom is -0.480 e. The lowest BCUT2D eigenvalue weighted by Crippen LogP contribution is -2.59. The summed E-state index contributed by atoms with van der Waals surface area (Å²) in [6.07, 6.45) is 4.64. The van der Waals surface area contributed by atoms with E-state index >= 15 is 0 Å². The first-order valence-corrected chi connectivity index (χ1v) is 23.5. The fourth-order valence-electron chi connectivity index (χ4n) is 7.46. The van der Waals surface area contributed by atoms with Crippen LogP contribution >= 0.6 is 0 Å². The number of guanidine groups is 1. The highest BCUT2D eigenvalue weighted by molar-refractivity contribution is 6.00. The minimum atomic E-state index is -1.88. The number of hydrogen-bond donors (Lipinski definition) is 10. The normalized spacial score (nSPS) is 25.3. The van der Waals surface area contributed by atoms with Crippen molar-refractivity contribution in [2.75, 3.05) is 20.7 Å². The van der Waals surface area contributed by atoms with Crippen molar-refractivity contribution < 1.29 is 58.1 Å². The second kappa shape index (κ2) is 29.2. The molecule has 71 heavy (non-hydrogen) atoms. The van der Waals surface area contributed by atoms with Gasteiger partial charge in [-0.1, -0.05) is 95.3 Å². The average Bonchev–Trinajstić information content (AvgIpc) is 3.31. The van der Waals surface area contributed by atoms with Gasteiger partial charge in [-0.15, -0.1) is 0 Å². The number of aliphatic imine (C=N–C) groups is 1. The Bertz CT molecular complexity index is 2160. The molecule has 1 heterocycles. The van der Waals surface area contributed by atoms with E-state index in [0.29, 0.717) is 12.0 Å². The summed E-state index contributed by atoms with van der Waals surface area (Å²) in [4.78, 5) is 126. The number of rotatable bonds is 15. The molecular weight excluding hydrogens is 921 g/mol. The Morgan fingerprint density at radius 1 is 0.845 bits per heavy atom. The van der Waals surface area contributed by atoms with Crippen molar-refractivity contribution in [2.24, 2.45) is 40.1 Å². The summed E-state index contributed by atoms with van der Waals surface area (Å²) in [5.41, 5.74) is 12.4. The summed E-state index contributed by atoms with van der Waals surface area (Å²) >= 11 is 0. The number of methoxy groups -OCH3 is 1. The molecule has 0 aliphatic carbocycles. The van der Waals surface area contributed by atoms with Crippen molar-refractivity contribution in [3.8, 4) is 0 Å². The van der Waals surface area contributed by atoms with Crippen LogP contribution in [0.1, 0.15) is 86.1 Å². The number of carbonyl (C=O) groups is 9. The van der Waals surface area contributed by atoms with Crippen LogP contribution in [0.4, 0.5) is 0 Å². The first-order valence-electron chi connectivity index (χ1n) is 23.5. The van der Waals surface area contributed by atoms with Crippen LogP contribution in [0.2, 0.25) is 0 Å². The number of amides is 7. The van der Waals surface area contributed by atoms with Gasteiger partial charge in [-0.2, -0.15) is 0 Å². The van der Waals surface area contributed by atoms with Gasteiger partial charge in [0.2, 0.25) is 35.4 Å². The maximum atomic E-state index is 14.4. The predicted octanol–water partition coefficient (Wildman–Crippen LogP) is 0.618. The Hall–Kier alpha value is -7.10. The highest BCUT2D eigenvalue weighted by Gasteiger charge is 2.37. The molecule has 1 aliphatic heterocycles. The van der Waals surface area contributed by atoms with Gasteiger partial charge in [0, 0.05) is 33.0 Å². The zero-order chi connectivity index (χ0) is 53.7. The fraction of sp³-hybridized carbons (Fsp3) is 0.551. The van der Waals surface area contributed by atoms with E-state index in [0.717, 1.165) is 10.5 Å². The third-order valence-electron chi connectivity index (χ3n) is 12.0. The number of carboxylic acid groups (broad SMARTS) is 2. The van der Waals surface area contributed by atoms with Crippen molar-refractivity contribution in [1.29, 1.82) is 0 Å². The van der Waals surface area contributed by atoms with Crippen LogP contribution in [0.5, 0.6) is 0 Å². The number of carbonyl (C=O) groups excluding carboxylic acids is 7. The van der Waals surface area contributed by atoms with Crippen LogP contribution in [0.3, 0.4) is 0 Å². The monoisotopic (exact) mass is 995 g/mol. The molecule has 2 rings (SSSR count). The quantitative estimate of drug-likeness (QED) is 0.0379. The van der Waals surface area contributed by atoms with Gasteiger partial charge < -0.3 is 63.2 Å². The molecule has 1 aromatic rings. The number of benzene rings is 1. The van der Waals surface area contributed by atoms with Crippen molar-refractivity contribution in [3.63, 3.8) is 0 Å². The molecule has 12 N–H and O–H groups in total. The largest absolute Gasteiger partial charge is 0.480 e. The van der Waals surface area contributed by atoms with Crippen LogP contribution in [0.15, 0.2) is 71.4 Å². The zero-order valence-corrected chi connectivity index (χ0v) is 42.2. The summed E-state index contributed by atoms with van der Waals surface area (Å²) in [5, 5.41) is 35.5. The molecule has 0 aromatic heterocycles. The lowest BCUT2D eigenvalue weighted by atomic mass is 9.94. The number of allylic oxidation sites excluding steroid dienone is 2. The number of aliphatic carboxylic acids is 2. The molecule has 0 bridgehead atoms. The third kappa shape index (κ3) is 20.0. The number of hydrogen-bond acceptors (Lipinski definition) is 11. The maximum Gasteiger partial charge on any atom is 0.327 e. The Balaban J connectivity index is 2.73. The highest BCUT2D eigenvalue weighted by Crippen LogP contribution is 2.19. The van der Waals surface area contributed by atoms with Crippen molar-refractivity contribution in [2.45, 2.75) is 129 Å². The van der Waals surface area contributed by atoms with E-state index in [1.165, 1.54) is 33.9 Å². The number of nitrogens with one attached hydrogen (secondary N) is 6. The molecule has 1 fully saturated rings. The summed E-state index contributed by atoms with van der Waals surface area (Å²) < 4.78 is 5.81. The van der Waals surface area contributed by atoms with Crippen molar-refractivity contribution >= 4 is 59.2 Å². The van der Waals surface area contributed by atoms with Crippen LogP contribution < -0.4 is 43.4 Å². The molecule has 7 amide bonds. The Morgan fingerprint density at radius 2 is 1.45 bits per heavy atom. The SMILES string of the molecule is C=C1C(=O)N[C@H](C)C(=O)N[C@@H](CC(C)C)C(=O)N[C@@H](C(=O)O)[C@H](C)C(=O)N[C@@H](CCCN=C(N)N)C(=O)N[C@@H](C=CC(C)=C[C@H](C)[C@H](Cc2ccccc2)OC)[C@H](C)C(=O)N[C@H](C(=O)O)CCC(=O)N1C. The Kier molecular flexibility index (Phi) is 24.7. The van der Waals surface area contributed by atoms with E-state index in [1.54, 1.807) is 34.0 Å². The van der Waals surface area contributed by atoms with E-state index in [-0.39, 0.29) is 49.7 Å². The molecular formula is C49H74N10O12. The maximum absolute atomic E-state index is 14.4. The van der Waals surface area contributed by atoms with E-state index < -0.39 is 120 Å². The molecule has 0 spiro atoms. The lowest BCUT2D eigenvalue weighted by molar-refractivity contribution is -0.146. The highest BCUT2D eigenvalue weighted by atomic mass is 16.5. The number of ether oxygens (including phenoxy) is 1. The minimum absolute atomic E-state index is 0.00610. The van der Waals surface area contributed by atoms with E-state index in [1.807, 2.05) is 43.3 Å². The van der Waals surface area contributed by atoms with Gasteiger partial charge in [-0.3, -0.25) is 38.6 Å². The molecule has 0 radical (unpaired) electrons. The lowest BCUT2D eigenvalue weighted by Gasteiger charge is -2.28. The smallest absolute Gasteiger partial charge is 0.327 e. The first-order chi connectivity index (χ1) is 33.3. The summed E-state index contributed by atoms with van der Waals surface area (Å²) in [7, 11) is 2.82. The van der Waals surface area contributed by atoms with Crippen LogP contribution in [0, 0.1) is 23.7 Å².